The fourth-order valence-electron chi connectivity index (χ4n) is 0.470. The van der Waals surface area contributed by atoms with Crippen LogP contribution in [0.25, 0.3) is 0 Å². The van der Waals surface area contributed by atoms with Crippen molar-refractivity contribution in [3.05, 3.63) is 0 Å². The lowest BCUT2D eigenvalue weighted by atomic mass is 9.93. The summed E-state index contributed by atoms with van der Waals surface area (Å²) in [6, 6.07) is -0.606. The number of rotatable bonds is 3. The molecule has 0 rings (SSSR count). The first-order valence-corrected chi connectivity index (χ1v) is 3.62. The fraction of sp³-hybridized carbons (Fsp3) is 0.857. The van der Waals surface area contributed by atoms with Crippen molar-refractivity contribution in [3.8, 4) is 0 Å². The van der Waals surface area contributed by atoms with Gasteiger partial charge in [-0.2, -0.15) is 0 Å². The highest BCUT2D eigenvalue weighted by Crippen LogP contribution is 2.13. The molecule has 0 aromatic carbocycles. The Labute approximate surface area is 66.8 Å². The molecule has 0 spiro atoms. The first-order chi connectivity index (χ1) is 4.86. The van der Waals surface area contributed by atoms with Gasteiger partial charge in [-0.05, 0) is 12.8 Å². The third-order valence-electron chi connectivity index (χ3n) is 1.86. The highest BCUT2D eigenvalue weighted by Gasteiger charge is 2.24. The molecule has 66 valence electrons. The Morgan fingerprint density at radius 2 is 2.18 bits per heavy atom. The van der Waals surface area contributed by atoms with Crippen LogP contribution in [0.15, 0.2) is 0 Å². The van der Waals surface area contributed by atoms with Gasteiger partial charge in [0.25, 0.3) is 0 Å². The zero-order chi connectivity index (χ0) is 9.07. The van der Waals surface area contributed by atoms with Crippen LogP contribution in [0.4, 0.5) is 4.79 Å². The number of carbonyl (C=O) groups is 1. The van der Waals surface area contributed by atoms with E-state index in [1.54, 1.807) is 6.92 Å². The average molecular weight is 160 g/mol. The maximum absolute atomic E-state index is 10.3. The SMILES string of the molecule is CC(C)C(C)(O)CNC(N)=O. The quantitative estimate of drug-likeness (QED) is 0.546. The number of hydrogen-bond acceptors (Lipinski definition) is 2. The smallest absolute Gasteiger partial charge is 0.312 e. The summed E-state index contributed by atoms with van der Waals surface area (Å²) in [5.41, 5.74) is 3.96. The Bertz CT molecular complexity index is 143. The molecule has 1 unspecified atom stereocenters. The molecule has 0 bridgehead atoms. The second-order valence-electron chi connectivity index (χ2n) is 3.23. The third kappa shape index (κ3) is 3.83. The summed E-state index contributed by atoms with van der Waals surface area (Å²) in [7, 11) is 0. The molecule has 2 amide bonds. The number of amides is 2. The van der Waals surface area contributed by atoms with E-state index < -0.39 is 11.6 Å². The van der Waals surface area contributed by atoms with Gasteiger partial charge < -0.3 is 16.2 Å². The molecule has 0 aliphatic rings. The Morgan fingerprint density at radius 1 is 1.73 bits per heavy atom. The van der Waals surface area contributed by atoms with Crippen LogP contribution in [0, 0.1) is 5.92 Å². The van der Waals surface area contributed by atoms with Crippen LogP contribution in [-0.4, -0.2) is 23.3 Å². The molecule has 11 heavy (non-hydrogen) atoms. The van der Waals surface area contributed by atoms with E-state index in [-0.39, 0.29) is 12.5 Å². The summed E-state index contributed by atoms with van der Waals surface area (Å²) in [6.45, 7) is 5.61. The van der Waals surface area contributed by atoms with E-state index in [1.165, 1.54) is 0 Å². The number of primary amides is 1. The van der Waals surface area contributed by atoms with Gasteiger partial charge in [-0.15, -0.1) is 0 Å². The molecule has 4 heteroatoms. The van der Waals surface area contributed by atoms with Gasteiger partial charge in [0.15, 0.2) is 0 Å². The van der Waals surface area contributed by atoms with E-state index in [0.717, 1.165) is 0 Å². The van der Waals surface area contributed by atoms with Crippen molar-refractivity contribution in [1.29, 1.82) is 0 Å². The number of nitrogens with two attached hydrogens (primary N) is 1. The van der Waals surface area contributed by atoms with E-state index in [0.29, 0.717) is 0 Å². The molecule has 0 heterocycles. The Hall–Kier alpha value is -0.770. The summed E-state index contributed by atoms with van der Waals surface area (Å²) < 4.78 is 0. The van der Waals surface area contributed by atoms with Crippen molar-refractivity contribution in [2.24, 2.45) is 11.7 Å². The van der Waals surface area contributed by atoms with Crippen LogP contribution in [-0.2, 0) is 0 Å². The zero-order valence-electron chi connectivity index (χ0n) is 7.22. The molecule has 1 atom stereocenters. The topological polar surface area (TPSA) is 75.3 Å². The van der Waals surface area contributed by atoms with Gasteiger partial charge in [-0.3, -0.25) is 0 Å². The van der Waals surface area contributed by atoms with Crippen LogP contribution in [0.2, 0.25) is 0 Å². The molecule has 4 N–H and O–H groups in total. The van der Waals surface area contributed by atoms with Gasteiger partial charge in [0.1, 0.15) is 0 Å². The van der Waals surface area contributed by atoms with Crippen molar-refractivity contribution in [1.82, 2.24) is 5.32 Å². The standard InChI is InChI=1S/C7H16N2O2/c1-5(2)7(3,11)4-9-6(8)10/h5,11H,4H2,1-3H3,(H3,8,9,10). The van der Waals surface area contributed by atoms with Crippen LogP contribution in [0.3, 0.4) is 0 Å². The Balaban J connectivity index is 3.82. The van der Waals surface area contributed by atoms with Crippen molar-refractivity contribution >= 4 is 6.03 Å². The molecule has 0 saturated heterocycles. The van der Waals surface area contributed by atoms with Crippen molar-refractivity contribution in [2.45, 2.75) is 26.4 Å². The normalized spacial score (nSPS) is 16.1. The highest BCUT2D eigenvalue weighted by molar-refractivity contribution is 5.71. The Morgan fingerprint density at radius 3 is 2.45 bits per heavy atom. The lowest BCUT2D eigenvalue weighted by molar-refractivity contribution is 0.0168. The second-order valence-corrected chi connectivity index (χ2v) is 3.23. The summed E-state index contributed by atoms with van der Waals surface area (Å²) in [5, 5.41) is 11.9. The van der Waals surface area contributed by atoms with E-state index in [4.69, 9.17) is 5.73 Å². The number of urea groups is 1. The number of nitrogens with one attached hydrogen (secondary N) is 1. The van der Waals surface area contributed by atoms with E-state index in [2.05, 4.69) is 5.32 Å². The van der Waals surface area contributed by atoms with Gasteiger partial charge in [0, 0.05) is 6.54 Å². The first kappa shape index (κ1) is 10.2. The Kier molecular flexibility index (Phi) is 3.32. The predicted molar refractivity (Wildman–Crippen MR) is 43.0 cm³/mol. The van der Waals surface area contributed by atoms with Gasteiger partial charge in [0.2, 0.25) is 0 Å². The van der Waals surface area contributed by atoms with Crippen LogP contribution < -0.4 is 11.1 Å². The number of hydrogen-bond donors (Lipinski definition) is 3. The summed E-state index contributed by atoms with van der Waals surface area (Å²) in [5.74, 6) is 0.0920. The minimum absolute atomic E-state index is 0.0920. The maximum Gasteiger partial charge on any atom is 0.312 e. The lowest BCUT2D eigenvalue weighted by Crippen LogP contribution is -2.45. The van der Waals surface area contributed by atoms with E-state index in [1.807, 2.05) is 13.8 Å². The third-order valence-corrected chi connectivity index (χ3v) is 1.86. The summed E-state index contributed by atoms with van der Waals surface area (Å²) in [6.07, 6.45) is 0. The van der Waals surface area contributed by atoms with E-state index in [9.17, 15) is 9.90 Å². The molecule has 4 nitrogen and oxygen atoms in total. The maximum atomic E-state index is 10.3. The van der Waals surface area contributed by atoms with Gasteiger partial charge >= 0.3 is 6.03 Å². The molecule has 0 aliphatic carbocycles. The highest BCUT2D eigenvalue weighted by atomic mass is 16.3. The zero-order valence-corrected chi connectivity index (χ0v) is 7.22. The van der Waals surface area contributed by atoms with Crippen molar-refractivity contribution in [3.63, 3.8) is 0 Å². The molecule has 0 aliphatic heterocycles. The second kappa shape index (κ2) is 3.57. The van der Waals surface area contributed by atoms with Gasteiger partial charge in [-0.1, -0.05) is 13.8 Å². The predicted octanol–water partition coefficient (Wildman–Crippen LogP) is 0.0617. The fourth-order valence-corrected chi connectivity index (χ4v) is 0.470. The number of carbonyl (C=O) groups excluding carboxylic acids is 1. The van der Waals surface area contributed by atoms with Crippen LogP contribution >= 0.6 is 0 Å². The molecular formula is C7H16N2O2. The summed E-state index contributed by atoms with van der Waals surface area (Å²) >= 11 is 0. The van der Waals surface area contributed by atoms with Crippen molar-refractivity contribution in [2.75, 3.05) is 6.54 Å². The minimum Gasteiger partial charge on any atom is -0.388 e. The molecule has 0 fully saturated rings. The van der Waals surface area contributed by atoms with Gasteiger partial charge in [-0.25, -0.2) is 4.79 Å². The number of aliphatic hydroxyl groups is 1. The molecule has 0 radical (unpaired) electrons. The molecule has 0 aromatic heterocycles. The first-order valence-electron chi connectivity index (χ1n) is 3.62. The van der Waals surface area contributed by atoms with Crippen LogP contribution in [0.1, 0.15) is 20.8 Å². The summed E-state index contributed by atoms with van der Waals surface area (Å²) in [4.78, 5) is 10.3. The molecule has 0 saturated carbocycles. The van der Waals surface area contributed by atoms with Crippen LogP contribution in [0.5, 0.6) is 0 Å². The van der Waals surface area contributed by atoms with E-state index >= 15 is 0 Å². The minimum atomic E-state index is -0.880. The molecule has 0 aromatic rings. The lowest BCUT2D eigenvalue weighted by Gasteiger charge is -2.27. The molecular weight excluding hydrogens is 144 g/mol. The largest absolute Gasteiger partial charge is 0.388 e. The van der Waals surface area contributed by atoms with Crippen molar-refractivity contribution < 1.29 is 9.90 Å². The monoisotopic (exact) mass is 160 g/mol. The van der Waals surface area contributed by atoms with Gasteiger partial charge in [0.05, 0.1) is 5.60 Å². The average Bonchev–Trinajstić information content (AvgIpc) is 1.84.